The maximum Gasteiger partial charge on any atom is 0.416 e. The van der Waals surface area contributed by atoms with Gasteiger partial charge in [-0.05, 0) is 30.0 Å². The number of hydrogen-bond acceptors (Lipinski definition) is 0. The monoisotopic (exact) mass is 337 g/mol. The average molecular weight is 337 g/mol. The van der Waals surface area contributed by atoms with Gasteiger partial charge in [-0.2, -0.15) is 39.5 Å². The molecule has 0 amide bonds. The molecule has 0 aromatic heterocycles. The van der Waals surface area contributed by atoms with Gasteiger partial charge in [0.1, 0.15) is 0 Å². The molecule has 1 rings (SSSR count). The Kier molecular flexibility index (Phi) is 4.79. The highest BCUT2D eigenvalue weighted by Gasteiger charge is 2.44. The van der Waals surface area contributed by atoms with Crippen molar-refractivity contribution in [3.63, 3.8) is 0 Å². The summed E-state index contributed by atoms with van der Waals surface area (Å²) in [5, 5.41) is 0. The molecule has 125 valence electrons. The van der Waals surface area contributed by atoms with Crippen LogP contribution < -0.4 is 0 Å². The fourth-order valence-electron chi connectivity index (χ4n) is 1.80. The first-order valence-electron chi connectivity index (χ1n) is 5.88. The number of rotatable bonds is 2. The van der Waals surface area contributed by atoms with Gasteiger partial charge >= 0.3 is 18.5 Å². The van der Waals surface area contributed by atoms with Crippen molar-refractivity contribution in [3.05, 3.63) is 40.8 Å². The highest BCUT2D eigenvalue weighted by molar-refractivity contribution is 5.47. The minimum atomic E-state index is -5.35. The molecule has 0 spiro atoms. The van der Waals surface area contributed by atoms with Crippen molar-refractivity contribution in [2.24, 2.45) is 5.92 Å². The van der Waals surface area contributed by atoms with Gasteiger partial charge < -0.3 is 0 Å². The molecule has 0 atom stereocenters. The van der Waals surface area contributed by atoms with Crippen molar-refractivity contribution in [3.8, 4) is 0 Å². The van der Waals surface area contributed by atoms with Gasteiger partial charge in [0.15, 0.2) is 0 Å². The molecule has 0 bridgehead atoms. The van der Waals surface area contributed by atoms with Crippen molar-refractivity contribution in [2.75, 3.05) is 0 Å². The second kappa shape index (κ2) is 5.66. The maximum atomic E-state index is 12.9. The molecule has 0 N–H and O–H groups in total. The molecule has 0 saturated carbocycles. The van der Waals surface area contributed by atoms with Gasteiger partial charge in [-0.25, -0.2) is 0 Å². The first-order valence-corrected chi connectivity index (χ1v) is 5.88. The van der Waals surface area contributed by atoms with E-state index in [1.54, 1.807) is 0 Å². The van der Waals surface area contributed by atoms with E-state index in [1.807, 2.05) is 0 Å². The molecule has 0 saturated heterocycles. The van der Waals surface area contributed by atoms with Gasteiger partial charge in [0, 0.05) is 0 Å². The van der Waals surface area contributed by atoms with Crippen LogP contribution in [0.4, 0.5) is 39.5 Å². The molecule has 0 aliphatic rings. The van der Waals surface area contributed by atoms with Gasteiger partial charge in [-0.3, -0.25) is 0 Å². The standard InChI is InChI=1S/C13H10F9/c1-6(2)3-8-9(12(17,18)19)4-7(11(14,15)16)5-10(8)13(20,21)22/h3-6H,1-2H3. The maximum absolute atomic E-state index is 12.9. The first-order chi connectivity index (χ1) is 9.64. The number of hydrogen-bond donors (Lipinski definition) is 0. The van der Waals surface area contributed by atoms with Crippen LogP contribution in [0.5, 0.6) is 0 Å². The van der Waals surface area contributed by atoms with Crippen LogP contribution >= 0.6 is 0 Å². The van der Waals surface area contributed by atoms with E-state index in [0.29, 0.717) is 6.42 Å². The molecule has 22 heavy (non-hydrogen) atoms. The lowest BCUT2D eigenvalue weighted by Crippen LogP contribution is -2.20. The van der Waals surface area contributed by atoms with E-state index in [2.05, 4.69) is 0 Å². The molecule has 1 aromatic rings. The van der Waals surface area contributed by atoms with Crippen molar-refractivity contribution in [2.45, 2.75) is 32.4 Å². The van der Waals surface area contributed by atoms with Crippen LogP contribution in [0.15, 0.2) is 12.1 Å². The zero-order valence-electron chi connectivity index (χ0n) is 11.2. The molecule has 0 nitrogen and oxygen atoms in total. The molecule has 0 aliphatic heterocycles. The molecule has 0 fully saturated rings. The van der Waals surface area contributed by atoms with Crippen molar-refractivity contribution < 1.29 is 39.5 Å². The smallest absolute Gasteiger partial charge is 0.166 e. The predicted octanol–water partition coefficient (Wildman–Crippen LogP) is 5.95. The quantitative estimate of drug-likeness (QED) is 0.585. The lowest BCUT2D eigenvalue weighted by atomic mass is 9.90. The van der Waals surface area contributed by atoms with Gasteiger partial charge in [0.25, 0.3) is 0 Å². The molecular formula is C13H10F9. The average Bonchev–Trinajstić information content (AvgIpc) is 2.23. The Labute approximate surface area is 119 Å². The van der Waals surface area contributed by atoms with Gasteiger partial charge in [0.2, 0.25) is 0 Å². The zero-order valence-corrected chi connectivity index (χ0v) is 11.2. The molecule has 1 radical (unpaired) electrons. The van der Waals surface area contributed by atoms with Gasteiger partial charge in [0.05, 0.1) is 16.7 Å². The highest BCUT2D eigenvalue weighted by Crippen LogP contribution is 2.44. The molecule has 0 aliphatic carbocycles. The van der Waals surface area contributed by atoms with Crippen LogP contribution in [0.3, 0.4) is 0 Å². The number of alkyl halides is 9. The topological polar surface area (TPSA) is 0 Å². The third kappa shape index (κ3) is 4.30. The summed E-state index contributed by atoms with van der Waals surface area (Å²) in [6.07, 6.45) is -15.4. The van der Waals surface area contributed by atoms with E-state index in [9.17, 15) is 39.5 Å². The van der Waals surface area contributed by atoms with Crippen LogP contribution in [0.2, 0.25) is 0 Å². The summed E-state index contributed by atoms with van der Waals surface area (Å²) in [5.41, 5.74) is -7.19. The predicted molar refractivity (Wildman–Crippen MR) is 59.7 cm³/mol. The Balaban J connectivity index is 3.78. The second-order valence-electron chi connectivity index (χ2n) is 4.89. The van der Waals surface area contributed by atoms with E-state index in [1.165, 1.54) is 13.8 Å². The Morgan fingerprint density at radius 1 is 0.727 bits per heavy atom. The second-order valence-corrected chi connectivity index (χ2v) is 4.89. The van der Waals surface area contributed by atoms with E-state index in [-0.39, 0.29) is 12.1 Å². The van der Waals surface area contributed by atoms with E-state index in [4.69, 9.17) is 0 Å². The van der Waals surface area contributed by atoms with E-state index < -0.39 is 46.7 Å². The summed E-state index contributed by atoms with van der Waals surface area (Å²) in [6.45, 7) is 2.63. The fourth-order valence-corrected chi connectivity index (χ4v) is 1.80. The third-order valence-corrected chi connectivity index (χ3v) is 2.62. The third-order valence-electron chi connectivity index (χ3n) is 2.62. The summed E-state index contributed by atoms with van der Waals surface area (Å²) in [6, 6.07) is -0.604. The van der Waals surface area contributed by atoms with Crippen LogP contribution in [-0.2, 0) is 18.5 Å². The van der Waals surface area contributed by atoms with Crippen LogP contribution in [0.25, 0.3) is 0 Å². The lowest BCUT2D eigenvalue weighted by Gasteiger charge is -2.22. The molecule has 0 heterocycles. The molecular weight excluding hydrogens is 327 g/mol. The lowest BCUT2D eigenvalue weighted by molar-refractivity contribution is -0.149. The van der Waals surface area contributed by atoms with E-state index >= 15 is 0 Å². The summed E-state index contributed by atoms with van der Waals surface area (Å²) in [7, 11) is 0. The Bertz CT molecular complexity index is 497. The minimum absolute atomic E-state index is 0.302. The normalized spacial score (nSPS) is 13.8. The number of benzene rings is 1. The Hall–Kier alpha value is -1.41. The SMILES string of the molecule is CC(C)[CH]c1c(C(F)(F)F)cc(C(F)(F)F)cc1C(F)(F)F. The van der Waals surface area contributed by atoms with Gasteiger partial charge in [-0.1, -0.05) is 13.8 Å². The summed E-state index contributed by atoms with van der Waals surface area (Å²) in [5.74, 6) is -0.723. The summed E-state index contributed by atoms with van der Waals surface area (Å²) >= 11 is 0. The van der Waals surface area contributed by atoms with Crippen LogP contribution in [0, 0.1) is 12.3 Å². The van der Waals surface area contributed by atoms with Gasteiger partial charge in [-0.15, -0.1) is 0 Å². The zero-order chi connectivity index (χ0) is 17.5. The summed E-state index contributed by atoms with van der Waals surface area (Å²) < 4.78 is 115. The molecule has 0 unspecified atom stereocenters. The fraction of sp³-hybridized carbons (Fsp3) is 0.462. The Morgan fingerprint density at radius 2 is 1.09 bits per heavy atom. The highest BCUT2D eigenvalue weighted by atomic mass is 19.4. The van der Waals surface area contributed by atoms with Crippen molar-refractivity contribution in [1.29, 1.82) is 0 Å². The summed E-state index contributed by atoms with van der Waals surface area (Å²) in [4.78, 5) is 0. The largest absolute Gasteiger partial charge is 0.416 e. The van der Waals surface area contributed by atoms with Crippen molar-refractivity contribution in [1.82, 2.24) is 0 Å². The molecule has 1 aromatic carbocycles. The molecule has 9 heteroatoms. The minimum Gasteiger partial charge on any atom is -0.166 e. The number of halogens is 9. The van der Waals surface area contributed by atoms with Crippen molar-refractivity contribution >= 4 is 0 Å². The van der Waals surface area contributed by atoms with Crippen LogP contribution in [0.1, 0.15) is 36.1 Å². The van der Waals surface area contributed by atoms with E-state index in [0.717, 1.165) is 0 Å². The first kappa shape index (κ1) is 18.6. The van der Waals surface area contributed by atoms with Crippen LogP contribution in [-0.4, -0.2) is 0 Å². The Morgan fingerprint density at radius 3 is 1.32 bits per heavy atom.